The number of rotatable bonds is 3. The van der Waals surface area contributed by atoms with Gasteiger partial charge in [-0.3, -0.25) is 4.52 Å². The zero-order valence-corrected chi connectivity index (χ0v) is 22.1. The SMILES string of the molecule is CCn1c2ccccc2c2cc(C(C)(C)c3nc4c5ccc[c-]c5n5nccc5c4o3)ccc21.[Ir]. The first kappa shape index (κ1) is 22.0. The third-order valence-electron chi connectivity index (χ3n) is 7.15. The van der Waals surface area contributed by atoms with E-state index in [0.717, 1.165) is 34.1 Å². The molecular weight excluding hydrogens is 613 g/mol. The first-order valence-corrected chi connectivity index (χ1v) is 11.7. The summed E-state index contributed by atoms with van der Waals surface area (Å²) in [6, 6.07) is 26.6. The standard InChI is InChI=1S/C29H23N4O.Ir/c1-4-32-22-11-7-5-9-19(22)21-17-18(13-14-23(21)32)29(2,3)28-31-26-20-10-6-8-12-24(20)33-25(15-16-30-33)27(26)34-28;/h5-11,13-17H,4H2,1-3H3;/q-1;. The number of aromatic nitrogens is 4. The maximum atomic E-state index is 6.50. The van der Waals surface area contributed by atoms with Crippen molar-refractivity contribution < 1.29 is 24.5 Å². The van der Waals surface area contributed by atoms with Gasteiger partial charge in [0.2, 0.25) is 5.89 Å². The summed E-state index contributed by atoms with van der Waals surface area (Å²) in [5, 5.41) is 8.02. The molecule has 4 aromatic heterocycles. The van der Waals surface area contributed by atoms with Crippen molar-refractivity contribution in [3.8, 4) is 0 Å². The van der Waals surface area contributed by atoms with Gasteiger partial charge in [0.05, 0.1) is 17.1 Å². The molecule has 5 nitrogen and oxygen atoms in total. The van der Waals surface area contributed by atoms with Gasteiger partial charge < -0.3 is 8.98 Å². The molecule has 0 amide bonds. The number of nitrogens with zero attached hydrogens (tertiary/aromatic N) is 4. The minimum absolute atomic E-state index is 0. The second-order valence-electron chi connectivity index (χ2n) is 9.38. The molecule has 0 aliphatic carbocycles. The molecule has 0 N–H and O–H groups in total. The first-order chi connectivity index (χ1) is 16.6. The van der Waals surface area contributed by atoms with Gasteiger partial charge in [-0.05, 0) is 56.1 Å². The minimum atomic E-state index is -0.426. The first-order valence-electron chi connectivity index (χ1n) is 11.7. The van der Waals surface area contributed by atoms with Crippen molar-refractivity contribution in [1.82, 2.24) is 19.2 Å². The Kier molecular flexibility index (Phi) is 4.89. The molecular formula is C29H23IrN4O-. The van der Waals surface area contributed by atoms with Crippen molar-refractivity contribution in [3.63, 3.8) is 0 Å². The van der Waals surface area contributed by atoms with Crippen LogP contribution in [0.1, 0.15) is 32.2 Å². The summed E-state index contributed by atoms with van der Waals surface area (Å²) in [6.45, 7) is 7.49. The van der Waals surface area contributed by atoms with E-state index in [9.17, 15) is 0 Å². The number of hydrogen-bond donors (Lipinski definition) is 0. The van der Waals surface area contributed by atoms with Crippen LogP contribution in [-0.2, 0) is 32.1 Å². The number of oxazole rings is 1. The summed E-state index contributed by atoms with van der Waals surface area (Å²) in [4.78, 5) is 5.05. The Labute approximate surface area is 215 Å². The molecule has 0 aliphatic rings. The number of pyridine rings is 1. The molecule has 6 heteroatoms. The van der Waals surface area contributed by atoms with E-state index in [-0.39, 0.29) is 20.1 Å². The van der Waals surface area contributed by atoms with Gasteiger partial charge in [0.25, 0.3) is 0 Å². The van der Waals surface area contributed by atoms with Gasteiger partial charge in [0.1, 0.15) is 5.52 Å². The summed E-state index contributed by atoms with van der Waals surface area (Å²) in [7, 11) is 0. The maximum absolute atomic E-state index is 6.50. The molecule has 3 aromatic carbocycles. The summed E-state index contributed by atoms with van der Waals surface area (Å²) < 4.78 is 10.8. The molecule has 0 atom stereocenters. The Morgan fingerprint density at radius 2 is 1.71 bits per heavy atom. The van der Waals surface area contributed by atoms with Crippen LogP contribution in [0.4, 0.5) is 0 Å². The van der Waals surface area contributed by atoms with Crippen LogP contribution >= 0.6 is 0 Å². The van der Waals surface area contributed by atoms with Gasteiger partial charge in [-0.1, -0.05) is 29.7 Å². The summed E-state index contributed by atoms with van der Waals surface area (Å²) >= 11 is 0. The average molecular weight is 636 g/mol. The van der Waals surface area contributed by atoms with E-state index in [4.69, 9.17) is 9.40 Å². The molecule has 0 saturated carbocycles. The Balaban J connectivity index is 0.00000229. The van der Waals surface area contributed by atoms with Crippen molar-refractivity contribution in [2.75, 3.05) is 0 Å². The number of aryl methyl sites for hydroxylation is 1. The van der Waals surface area contributed by atoms with E-state index in [0.29, 0.717) is 5.89 Å². The van der Waals surface area contributed by atoms with Crippen LogP contribution in [0, 0.1) is 6.07 Å². The minimum Gasteiger partial charge on any atom is -0.439 e. The van der Waals surface area contributed by atoms with E-state index in [1.807, 2.05) is 22.7 Å². The second kappa shape index (κ2) is 7.77. The maximum Gasteiger partial charge on any atom is 0.204 e. The molecule has 35 heavy (non-hydrogen) atoms. The van der Waals surface area contributed by atoms with Crippen molar-refractivity contribution in [2.45, 2.75) is 32.7 Å². The number of fused-ring (bicyclic) bond motifs is 9. The van der Waals surface area contributed by atoms with E-state index < -0.39 is 5.41 Å². The van der Waals surface area contributed by atoms with Crippen molar-refractivity contribution in [2.24, 2.45) is 0 Å². The normalized spacial score (nSPS) is 12.3. The van der Waals surface area contributed by atoms with Gasteiger partial charge in [-0.25, -0.2) is 4.98 Å². The number of hydrogen-bond acceptors (Lipinski definition) is 3. The fraction of sp³-hybridized carbons (Fsp3) is 0.172. The Hall–Kier alpha value is -3.47. The van der Waals surface area contributed by atoms with Crippen molar-refractivity contribution in [1.29, 1.82) is 0 Å². The van der Waals surface area contributed by atoms with E-state index in [2.05, 4.69) is 85.0 Å². The molecule has 7 aromatic rings. The topological polar surface area (TPSA) is 48.3 Å². The van der Waals surface area contributed by atoms with E-state index in [1.54, 1.807) is 6.20 Å². The van der Waals surface area contributed by atoms with Crippen LogP contribution < -0.4 is 0 Å². The zero-order valence-electron chi connectivity index (χ0n) is 19.7. The van der Waals surface area contributed by atoms with Crippen molar-refractivity contribution >= 4 is 49.3 Å². The van der Waals surface area contributed by atoms with Crippen LogP contribution in [0.3, 0.4) is 0 Å². The van der Waals surface area contributed by atoms with Gasteiger partial charge >= 0.3 is 0 Å². The molecule has 0 aliphatic heterocycles. The van der Waals surface area contributed by atoms with Gasteiger partial charge in [-0.15, -0.1) is 0 Å². The van der Waals surface area contributed by atoms with Gasteiger partial charge in [0.15, 0.2) is 5.58 Å². The van der Waals surface area contributed by atoms with E-state index in [1.165, 1.54) is 27.4 Å². The third-order valence-corrected chi connectivity index (χ3v) is 7.15. The Bertz CT molecular complexity index is 1890. The largest absolute Gasteiger partial charge is 0.439 e. The molecule has 7 rings (SSSR count). The molecule has 0 saturated heterocycles. The quantitative estimate of drug-likeness (QED) is 0.199. The smallest absolute Gasteiger partial charge is 0.204 e. The zero-order chi connectivity index (χ0) is 23.0. The molecule has 0 fully saturated rings. The van der Waals surface area contributed by atoms with Crippen LogP contribution in [0.5, 0.6) is 0 Å². The Morgan fingerprint density at radius 3 is 2.57 bits per heavy atom. The molecule has 0 spiro atoms. The summed E-state index contributed by atoms with van der Waals surface area (Å²) in [5.41, 5.74) is 6.69. The van der Waals surface area contributed by atoms with Crippen molar-refractivity contribution in [3.05, 3.63) is 90.4 Å². The molecule has 0 bridgehead atoms. The molecule has 4 heterocycles. The third kappa shape index (κ3) is 2.97. The predicted molar refractivity (Wildman–Crippen MR) is 136 cm³/mol. The fourth-order valence-corrected chi connectivity index (χ4v) is 5.30. The van der Waals surface area contributed by atoms with E-state index >= 15 is 0 Å². The molecule has 175 valence electrons. The average Bonchev–Trinajstić information content (AvgIpc) is 3.59. The number of para-hydroxylation sites is 2. The van der Waals surface area contributed by atoms with Crippen LogP contribution in [0.2, 0.25) is 0 Å². The molecule has 1 radical (unpaired) electrons. The molecule has 0 unspecified atom stereocenters. The van der Waals surface area contributed by atoms with Gasteiger partial charge in [-0.2, -0.15) is 29.4 Å². The van der Waals surface area contributed by atoms with Crippen LogP contribution in [0.25, 0.3) is 49.3 Å². The van der Waals surface area contributed by atoms with Crippen LogP contribution in [0.15, 0.2) is 77.3 Å². The number of benzene rings is 3. The van der Waals surface area contributed by atoms with Gasteiger partial charge in [0, 0.05) is 48.5 Å². The predicted octanol–water partition coefficient (Wildman–Crippen LogP) is 6.88. The monoisotopic (exact) mass is 636 g/mol. The van der Waals surface area contributed by atoms with Crippen LogP contribution in [-0.4, -0.2) is 19.2 Å². The Morgan fingerprint density at radius 1 is 0.914 bits per heavy atom. The fourth-order valence-electron chi connectivity index (χ4n) is 5.30. The second-order valence-corrected chi connectivity index (χ2v) is 9.38. The summed E-state index contributed by atoms with van der Waals surface area (Å²) in [5.74, 6) is 0.695. The summed E-state index contributed by atoms with van der Waals surface area (Å²) in [6.07, 6.45) is 1.79.